The maximum atomic E-state index is 6.35. The normalized spacial score (nSPS) is 30.4. The first kappa shape index (κ1) is 25.1. The molecule has 0 radical (unpaired) electrons. The molecular formula is C18H38NO7P. The van der Waals surface area contributed by atoms with E-state index in [-0.39, 0.29) is 30.4 Å². The Hall–Kier alpha value is 0.110. The maximum Gasteiger partial charge on any atom is 0.261 e. The largest absolute Gasteiger partial charge is 0.382 e. The van der Waals surface area contributed by atoms with Crippen molar-refractivity contribution in [3.05, 3.63) is 0 Å². The molecule has 0 spiro atoms. The Balaban J connectivity index is 3.10. The third-order valence-corrected chi connectivity index (χ3v) is 6.59. The molecule has 1 rings (SSSR count). The van der Waals surface area contributed by atoms with E-state index in [1.807, 2.05) is 6.92 Å². The van der Waals surface area contributed by atoms with Gasteiger partial charge in [0.15, 0.2) is 6.29 Å². The first-order valence-electron chi connectivity index (χ1n) is 9.46. The quantitative estimate of drug-likeness (QED) is 0.454. The van der Waals surface area contributed by atoms with E-state index in [1.165, 1.54) is 0 Å². The summed E-state index contributed by atoms with van der Waals surface area (Å²) in [7, 11) is 5.17. The molecule has 0 amide bonds. The summed E-state index contributed by atoms with van der Waals surface area (Å²) in [5.41, 5.74) is 0. The minimum absolute atomic E-state index is 0.256. The fraction of sp³-hybridized carbons (Fsp3) is 1.00. The zero-order chi connectivity index (χ0) is 20.6. The van der Waals surface area contributed by atoms with Gasteiger partial charge in [-0.25, -0.2) is 4.67 Å². The molecule has 1 aliphatic heterocycles. The van der Waals surface area contributed by atoms with Crippen LogP contribution < -0.4 is 0 Å². The average Bonchev–Trinajstić information content (AvgIpc) is 2.60. The van der Waals surface area contributed by atoms with Crippen LogP contribution in [-0.2, 0) is 32.7 Å². The smallest absolute Gasteiger partial charge is 0.261 e. The Labute approximate surface area is 165 Å². The van der Waals surface area contributed by atoms with Gasteiger partial charge in [-0.1, -0.05) is 0 Å². The van der Waals surface area contributed by atoms with E-state index < -0.39 is 20.9 Å². The molecule has 0 saturated carbocycles. The van der Waals surface area contributed by atoms with E-state index in [0.717, 1.165) is 0 Å². The number of methoxy groups -OCH3 is 4. The molecule has 9 heteroatoms. The molecule has 1 saturated heterocycles. The second-order valence-corrected chi connectivity index (χ2v) is 8.33. The van der Waals surface area contributed by atoms with Gasteiger partial charge < -0.3 is 28.2 Å². The molecule has 1 fully saturated rings. The van der Waals surface area contributed by atoms with Gasteiger partial charge in [0.25, 0.3) is 8.53 Å². The van der Waals surface area contributed by atoms with Crippen LogP contribution in [0.2, 0.25) is 0 Å². The number of ether oxygens (including phenoxy) is 5. The molecule has 162 valence electrons. The minimum Gasteiger partial charge on any atom is -0.382 e. The number of hydrogen-bond acceptors (Lipinski definition) is 8. The SMILES string of the molecule is CCOP(O[C@@H]1O[C@H](COC)[C@@H](OC)[C@H](OC)[C@H]1OC)N(C(C)C)C(C)C. The van der Waals surface area contributed by atoms with E-state index in [4.69, 9.17) is 32.7 Å². The fourth-order valence-corrected chi connectivity index (χ4v) is 5.01. The molecule has 0 aromatic heterocycles. The predicted octanol–water partition coefficient (Wildman–Crippen LogP) is 2.80. The number of rotatable bonds is 12. The van der Waals surface area contributed by atoms with Crippen molar-refractivity contribution in [3.63, 3.8) is 0 Å². The molecule has 1 heterocycles. The second kappa shape index (κ2) is 12.6. The lowest BCUT2D eigenvalue weighted by molar-refractivity contribution is -0.293. The Kier molecular flexibility index (Phi) is 11.8. The molecule has 8 nitrogen and oxygen atoms in total. The molecule has 27 heavy (non-hydrogen) atoms. The maximum absolute atomic E-state index is 6.35. The van der Waals surface area contributed by atoms with Gasteiger partial charge in [-0.2, -0.15) is 0 Å². The molecule has 6 atom stereocenters. The van der Waals surface area contributed by atoms with Crippen molar-refractivity contribution in [1.29, 1.82) is 0 Å². The van der Waals surface area contributed by atoms with Crippen LogP contribution in [0.4, 0.5) is 0 Å². The molecule has 0 N–H and O–H groups in total. The summed E-state index contributed by atoms with van der Waals surface area (Å²) in [5, 5.41) is 0. The van der Waals surface area contributed by atoms with Crippen LogP contribution in [0.5, 0.6) is 0 Å². The molecule has 0 aromatic carbocycles. The highest BCUT2D eigenvalue weighted by Gasteiger charge is 2.49. The van der Waals surface area contributed by atoms with Gasteiger partial charge in [0.2, 0.25) is 0 Å². The first-order chi connectivity index (χ1) is 12.9. The van der Waals surface area contributed by atoms with Crippen LogP contribution in [0.3, 0.4) is 0 Å². The summed E-state index contributed by atoms with van der Waals surface area (Å²) in [6.45, 7) is 11.4. The van der Waals surface area contributed by atoms with E-state index in [2.05, 4.69) is 32.4 Å². The molecule has 0 bridgehead atoms. The predicted molar refractivity (Wildman–Crippen MR) is 105 cm³/mol. The summed E-state index contributed by atoms with van der Waals surface area (Å²) < 4.78 is 43.0. The van der Waals surface area contributed by atoms with Gasteiger partial charge in [-0.3, -0.25) is 4.52 Å². The van der Waals surface area contributed by atoms with Crippen molar-refractivity contribution in [2.75, 3.05) is 41.7 Å². The van der Waals surface area contributed by atoms with Gasteiger partial charge in [-0.05, 0) is 34.6 Å². The standard InChI is InChI=1S/C18H38NO7P/c1-10-24-27(19(12(2)3)13(4)5)26-18-17(23-9)16(22-8)15(21-7)14(25-18)11-20-6/h12-18H,10-11H2,1-9H3/t14-,15-,16+,17-,18+,27?/m1/s1. The lowest BCUT2D eigenvalue weighted by atomic mass is 9.98. The van der Waals surface area contributed by atoms with Gasteiger partial charge in [-0.15, -0.1) is 0 Å². The van der Waals surface area contributed by atoms with E-state index >= 15 is 0 Å². The summed E-state index contributed by atoms with van der Waals surface area (Å²) in [5.74, 6) is 0. The highest BCUT2D eigenvalue weighted by molar-refractivity contribution is 7.44. The van der Waals surface area contributed by atoms with Crippen LogP contribution in [-0.4, -0.2) is 89.1 Å². The zero-order valence-corrected chi connectivity index (χ0v) is 19.1. The van der Waals surface area contributed by atoms with Crippen molar-refractivity contribution in [3.8, 4) is 0 Å². The van der Waals surface area contributed by atoms with Gasteiger partial charge in [0, 0.05) is 40.5 Å². The fourth-order valence-electron chi connectivity index (χ4n) is 3.39. The highest BCUT2D eigenvalue weighted by Crippen LogP contribution is 2.48. The topological polar surface area (TPSA) is 67.9 Å². The second-order valence-electron chi connectivity index (χ2n) is 6.93. The molecule has 0 aromatic rings. The van der Waals surface area contributed by atoms with E-state index in [9.17, 15) is 0 Å². The first-order valence-corrected chi connectivity index (χ1v) is 10.6. The van der Waals surface area contributed by atoms with Crippen LogP contribution >= 0.6 is 8.53 Å². The Bertz CT molecular complexity index is 394. The number of nitrogens with zero attached hydrogens (tertiary/aromatic N) is 1. The van der Waals surface area contributed by atoms with Crippen LogP contribution in [0.1, 0.15) is 34.6 Å². The third-order valence-electron chi connectivity index (χ3n) is 4.42. The monoisotopic (exact) mass is 411 g/mol. The van der Waals surface area contributed by atoms with Crippen molar-refractivity contribution < 1.29 is 32.7 Å². The van der Waals surface area contributed by atoms with E-state index in [0.29, 0.717) is 13.2 Å². The van der Waals surface area contributed by atoms with Gasteiger partial charge in [0.05, 0.1) is 13.2 Å². The molecule has 1 unspecified atom stereocenters. The summed E-state index contributed by atoms with van der Waals surface area (Å²) in [6, 6.07) is 0.513. The van der Waals surface area contributed by atoms with Crippen molar-refractivity contribution in [1.82, 2.24) is 4.67 Å². The lowest BCUT2D eigenvalue weighted by Crippen LogP contribution is -2.61. The molecule has 0 aliphatic carbocycles. The van der Waals surface area contributed by atoms with Crippen molar-refractivity contribution >= 4 is 8.53 Å². The lowest BCUT2D eigenvalue weighted by Gasteiger charge is -2.46. The van der Waals surface area contributed by atoms with E-state index in [1.54, 1.807) is 28.4 Å². The van der Waals surface area contributed by atoms with Crippen LogP contribution in [0.25, 0.3) is 0 Å². The van der Waals surface area contributed by atoms with Crippen molar-refractivity contribution in [2.24, 2.45) is 0 Å². The summed E-state index contributed by atoms with van der Waals surface area (Å²) in [4.78, 5) is 0. The van der Waals surface area contributed by atoms with Gasteiger partial charge >= 0.3 is 0 Å². The average molecular weight is 411 g/mol. The third kappa shape index (κ3) is 6.56. The van der Waals surface area contributed by atoms with Crippen molar-refractivity contribution in [2.45, 2.75) is 77.4 Å². The summed E-state index contributed by atoms with van der Waals surface area (Å²) in [6.07, 6.45) is -2.15. The molecule has 1 aliphatic rings. The number of hydrogen-bond donors (Lipinski definition) is 0. The van der Waals surface area contributed by atoms with Gasteiger partial charge in [0.1, 0.15) is 24.4 Å². The van der Waals surface area contributed by atoms with Crippen LogP contribution in [0.15, 0.2) is 0 Å². The van der Waals surface area contributed by atoms with Crippen LogP contribution in [0, 0.1) is 0 Å². The summed E-state index contributed by atoms with van der Waals surface area (Å²) >= 11 is 0. The Morgan fingerprint density at radius 3 is 1.85 bits per heavy atom. The highest BCUT2D eigenvalue weighted by atomic mass is 31.2. The molecular weight excluding hydrogens is 373 g/mol. The Morgan fingerprint density at radius 2 is 1.44 bits per heavy atom. The minimum atomic E-state index is -1.34. The Morgan fingerprint density at radius 1 is 0.889 bits per heavy atom. The zero-order valence-electron chi connectivity index (χ0n) is 18.2.